The largest absolute Gasteiger partial charge is 0.231 e. The Balaban J connectivity index is 1.94. The molecule has 3 rings (SSSR count). The van der Waals surface area contributed by atoms with Gasteiger partial charge < -0.3 is 0 Å². The third-order valence-electron chi connectivity index (χ3n) is 3.31. The van der Waals surface area contributed by atoms with E-state index in [0.717, 1.165) is 16.4 Å². The van der Waals surface area contributed by atoms with E-state index in [1.165, 1.54) is 16.0 Å². The summed E-state index contributed by atoms with van der Waals surface area (Å²) in [7, 11) is 0. The molecular formula is C18H16N2S. The summed E-state index contributed by atoms with van der Waals surface area (Å²) in [6, 6.07) is 18.5. The number of rotatable bonds is 3. The van der Waals surface area contributed by atoms with Crippen LogP contribution in [0.3, 0.4) is 0 Å². The predicted octanol–water partition coefficient (Wildman–Crippen LogP) is 4.91. The van der Waals surface area contributed by atoms with Gasteiger partial charge >= 0.3 is 0 Å². The Kier molecular flexibility index (Phi) is 4.02. The molecule has 1 aromatic heterocycles. The topological polar surface area (TPSA) is 25.8 Å². The van der Waals surface area contributed by atoms with Crippen LogP contribution in [0.4, 0.5) is 0 Å². The zero-order chi connectivity index (χ0) is 14.7. The summed E-state index contributed by atoms with van der Waals surface area (Å²) in [5.41, 5.74) is 4.59. The molecule has 0 atom stereocenters. The van der Waals surface area contributed by atoms with E-state index in [9.17, 15) is 0 Å². The first-order valence-corrected chi connectivity index (χ1v) is 7.68. The third-order valence-corrected chi connectivity index (χ3v) is 4.53. The van der Waals surface area contributed by atoms with E-state index in [2.05, 4.69) is 54.1 Å². The van der Waals surface area contributed by atoms with Crippen LogP contribution in [0.2, 0.25) is 0 Å². The quantitative estimate of drug-likeness (QED) is 0.641. The first-order valence-electron chi connectivity index (χ1n) is 6.86. The number of hydrogen-bond acceptors (Lipinski definition) is 3. The standard InChI is InChI=1S/C18H16N2S/c1-13-7-6-8-14(2)17(13)21-18-19-12-11-16(20-18)15-9-4-3-5-10-15/h3-12H,1-2H3. The van der Waals surface area contributed by atoms with Gasteiger partial charge in [-0.05, 0) is 42.8 Å². The fourth-order valence-electron chi connectivity index (χ4n) is 2.21. The van der Waals surface area contributed by atoms with Crippen LogP contribution in [0.25, 0.3) is 11.3 Å². The van der Waals surface area contributed by atoms with Crippen LogP contribution in [-0.2, 0) is 0 Å². The molecule has 0 amide bonds. The van der Waals surface area contributed by atoms with Crippen molar-refractivity contribution < 1.29 is 0 Å². The molecule has 0 aliphatic rings. The molecule has 0 aliphatic carbocycles. The molecule has 0 radical (unpaired) electrons. The normalized spacial score (nSPS) is 10.6. The summed E-state index contributed by atoms with van der Waals surface area (Å²) in [5.74, 6) is 0. The second kappa shape index (κ2) is 6.10. The highest BCUT2D eigenvalue weighted by Crippen LogP contribution is 2.31. The van der Waals surface area contributed by atoms with E-state index < -0.39 is 0 Å². The van der Waals surface area contributed by atoms with Gasteiger partial charge in [-0.1, -0.05) is 48.5 Å². The van der Waals surface area contributed by atoms with Gasteiger partial charge in [0.1, 0.15) is 0 Å². The molecule has 0 saturated heterocycles. The van der Waals surface area contributed by atoms with Crippen LogP contribution in [0.1, 0.15) is 11.1 Å². The lowest BCUT2D eigenvalue weighted by molar-refractivity contribution is 0.970. The number of hydrogen-bond donors (Lipinski definition) is 0. The molecule has 0 bridgehead atoms. The van der Waals surface area contributed by atoms with Crippen LogP contribution < -0.4 is 0 Å². The average Bonchev–Trinajstić information content (AvgIpc) is 2.52. The van der Waals surface area contributed by atoms with E-state index in [-0.39, 0.29) is 0 Å². The van der Waals surface area contributed by atoms with E-state index in [1.807, 2.05) is 30.5 Å². The van der Waals surface area contributed by atoms with Gasteiger partial charge in [-0.3, -0.25) is 0 Å². The lowest BCUT2D eigenvalue weighted by atomic mass is 10.1. The number of benzene rings is 2. The molecule has 3 aromatic rings. The second-order valence-corrected chi connectivity index (χ2v) is 5.89. The monoisotopic (exact) mass is 292 g/mol. The van der Waals surface area contributed by atoms with Gasteiger partial charge in [0, 0.05) is 16.7 Å². The lowest BCUT2D eigenvalue weighted by Crippen LogP contribution is -1.91. The van der Waals surface area contributed by atoms with Crippen molar-refractivity contribution in [3.63, 3.8) is 0 Å². The molecule has 2 nitrogen and oxygen atoms in total. The van der Waals surface area contributed by atoms with Crippen molar-refractivity contribution in [3.8, 4) is 11.3 Å². The summed E-state index contributed by atoms with van der Waals surface area (Å²) in [5, 5.41) is 0.786. The average molecular weight is 292 g/mol. The van der Waals surface area contributed by atoms with Crippen molar-refractivity contribution in [2.75, 3.05) is 0 Å². The van der Waals surface area contributed by atoms with Crippen LogP contribution in [0, 0.1) is 13.8 Å². The maximum absolute atomic E-state index is 4.67. The van der Waals surface area contributed by atoms with Crippen molar-refractivity contribution in [1.82, 2.24) is 9.97 Å². The molecule has 0 spiro atoms. The number of aryl methyl sites for hydroxylation is 2. The minimum absolute atomic E-state index is 0.786. The molecule has 104 valence electrons. The third kappa shape index (κ3) is 3.14. The van der Waals surface area contributed by atoms with E-state index in [0.29, 0.717) is 0 Å². The first kappa shape index (κ1) is 13.8. The maximum atomic E-state index is 4.67. The summed E-state index contributed by atoms with van der Waals surface area (Å²) in [6.45, 7) is 4.24. The first-order chi connectivity index (χ1) is 10.2. The molecule has 0 aliphatic heterocycles. The van der Waals surface area contributed by atoms with Crippen LogP contribution in [0.5, 0.6) is 0 Å². The van der Waals surface area contributed by atoms with E-state index in [1.54, 1.807) is 11.8 Å². The minimum atomic E-state index is 0.786. The molecule has 1 heterocycles. The Labute approximate surface area is 129 Å². The molecule has 0 N–H and O–H groups in total. The highest BCUT2D eigenvalue weighted by Gasteiger charge is 2.08. The number of aromatic nitrogens is 2. The van der Waals surface area contributed by atoms with Crippen molar-refractivity contribution in [1.29, 1.82) is 0 Å². The van der Waals surface area contributed by atoms with Gasteiger partial charge in [0.05, 0.1) is 5.69 Å². The van der Waals surface area contributed by atoms with Crippen LogP contribution in [0.15, 0.2) is 70.8 Å². The molecule has 3 heteroatoms. The molecule has 0 unspecified atom stereocenters. The highest BCUT2D eigenvalue weighted by molar-refractivity contribution is 7.99. The molecule has 0 saturated carbocycles. The van der Waals surface area contributed by atoms with Gasteiger partial charge in [-0.25, -0.2) is 9.97 Å². The van der Waals surface area contributed by atoms with Crippen molar-refractivity contribution in [3.05, 3.63) is 71.9 Å². The minimum Gasteiger partial charge on any atom is -0.231 e. The van der Waals surface area contributed by atoms with Gasteiger partial charge in [0.15, 0.2) is 5.16 Å². The summed E-state index contributed by atoms with van der Waals surface area (Å²) in [4.78, 5) is 10.3. The fraction of sp³-hybridized carbons (Fsp3) is 0.111. The summed E-state index contributed by atoms with van der Waals surface area (Å²) >= 11 is 1.63. The van der Waals surface area contributed by atoms with Gasteiger partial charge in [0.25, 0.3) is 0 Å². The Hall–Kier alpha value is -2.13. The van der Waals surface area contributed by atoms with Gasteiger partial charge in [-0.15, -0.1) is 0 Å². The van der Waals surface area contributed by atoms with Gasteiger partial charge in [0.2, 0.25) is 0 Å². The van der Waals surface area contributed by atoms with Crippen LogP contribution >= 0.6 is 11.8 Å². The zero-order valence-electron chi connectivity index (χ0n) is 12.1. The molecule has 21 heavy (non-hydrogen) atoms. The van der Waals surface area contributed by atoms with Crippen molar-refractivity contribution in [2.24, 2.45) is 0 Å². The Morgan fingerprint density at radius 3 is 2.24 bits per heavy atom. The summed E-state index contributed by atoms with van der Waals surface area (Å²) < 4.78 is 0. The smallest absolute Gasteiger partial charge is 0.192 e. The van der Waals surface area contributed by atoms with E-state index >= 15 is 0 Å². The Bertz CT molecular complexity index is 734. The number of nitrogens with zero attached hydrogens (tertiary/aromatic N) is 2. The Morgan fingerprint density at radius 1 is 0.810 bits per heavy atom. The molecular weight excluding hydrogens is 276 g/mol. The second-order valence-electron chi connectivity index (χ2n) is 4.91. The molecule has 0 fully saturated rings. The molecule has 2 aromatic carbocycles. The fourth-order valence-corrected chi connectivity index (χ4v) is 3.11. The van der Waals surface area contributed by atoms with Crippen molar-refractivity contribution >= 4 is 11.8 Å². The summed E-state index contributed by atoms with van der Waals surface area (Å²) in [6.07, 6.45) is 1.82. The van der Waals surface area contributed by atoms with Crippen LogP contribution in [-0.4, -0.2) is 9.97 Å². The lowest BCUT2D eigenvalue weighted by Gasteiger charge is -2.08. The maximum Gasteiger partial charge on any atom is 0.192 e. The van der Waals surface area contributed by atoms with Gasteiger partial charge in [-0.2, -0.15) is 0 Å². The zero-order valence-corrected chi connectivity index (χ0v) is 12.9. The predicted molar refractivity (Wildman–Crippen MR) is 87.5 cm³/mol. The SMILES string of the molecule is Cc1cccc(C)c1Sc1nccc(-c2ccccc2)n1. The Morgan fingerprint density at radius 2 is 1.52 bits per heavy atom. The van der Waals surface area contributed by atoms with E-state index in [4.69, 9.17) is 0 Å². The highest BCUT2D eigenvalue weighted by atomic mass is 32.2. The van der Waals surface area contributed by atoms with Crippen molar-refractivity contribution in [2.45, 2.75) is 23.9 Å².